The first-order valence-corrected chi connectivity index (χ1v) is 8.66. The number of nitrogens with zero attached hydrogens (tertiary/aromatic N) is 3. The molecule has 2 aromatic heterocycles. The van der Waals surface area contributed by atoms with Crippen molar-refractivity contribution in [1.82, 2.24) is 25.1 Å². The molecule has 3 rings (SSSR count). The highest BCUT2D eigenvalue weighted by molar-refractivity contribution is 5.16. The zero-order valence-corrected chi connectivity index (χ0v) is 15.0. The van der Waals surface area contributed by atoms with Crippen LogP contribution in [0.5, 0.6) is 0 Å². The van der Waals surface area contributed by atoms with Crippen molar-refractivity contribution >= 4 is 0 Å². The average Bonchev–Trinajstić information content (AvgIpc) is 2.95. The molecule has 1 fully saturated rings. The van der Waals surface area contributed by atoms with Gasteiger partial charge in [0.2, 0.25) is 0 Å². The molecule has 1 saturated heterocycles. The molecule has 2 aromatic rings. The Bertz CT molecular complexity index is 755. The van der Waals surface area contributed by atoms with Gasteiger partial charge in [0, 0.05) is 36.2 Å². The summed E-state index contributed by atoms with van der Waals surface area (Å²) in [5.41, 5.74) is 3.17. The lowest BCUT2D eigenvalue weighted by Gasteiger charge is -2.32. The van der Waals surface area contributed by atoms with E-state index in [2.05, 4.69) is 51.9 Å². The number of hydrogen-bond donors (Lipinski definition) is 2. The lowest BCUT2D eigenvalue weighted by atomic mass is 9.92. The molecule has 1 atom stereocenters. The van der Waals surface area contributed by atoms with Gasteiger partial charge in [0.25, 0.3) is 5.56 Å². The predicted octanol–water partition coefficient (Wildman–Crippen LogP) is 2.48. The van der Waals surface area contributed by atoms with Crippen LogP contribution in [0.15, 0.2) is 16.9 Å². The van der Waals surface area contributed by atoms with Crippen LogP contribution in [0.1, 0.15) is 62.4 Å². The van der Waals surface area contributed by atoms with Gasteiger partial charge < -0.3 is 4.98 Å². The number of piperidine rings is 1. The second-order valence-corrected chi connectivity index (χ2v) is 7.86. The fourth-order valence-electron chi connectivity index (χ4n) is 3.32. The Morgan fingerprint density at radius 3 is 2.79 bits per heavy atom. The Kier molecular flexibility index (Phi) is 4.58. The van der Waals surface area contributed by atoms with Crippen molar-refractivity contribution in [1.29, 1.82) is 0 Å². The summed E-state index contributed by atoms with van der Waals surface area (Å²) in [4.78, 5) is 21.4. The van der Waals surface area contributed by atoms with Crippen LogP contribution in [0.3, 0.4) is 0 Å². The third-order valence-corrected chi connectivity index (χ3v) is 4.60. The highest BCUT2D eigenvalue weighted by Crippen LogP contribution is 2.26. The van der Waals surface area contributed by atoms with Crippen LogP contribution in [0.4, 0.5) is 0 Å². The molecule has 1 aliphatic rings. The molecule has 0 amide bonds. The fourth-order valence-corrected chi connectivity index (χ4v) is 3.32. The number of aryl methyl sites for hydroxylation is 1. The Balaban J connectivity index is 1.69. The molecule has 0 radical (unpaired) electrons. The maximum atomic E-state index is 11.7. The van der Waals surface area contributed by atoms with E-state index in [0.29, 0.717) is 11.7 Å². The average molecular weight is 329 g/mol. The molecule has 0 unspecified atom stereocenters. The second-order valence-electron chi connectivity index (χ2n) is 7.86. The number of rotatable bonds is 3. The molecule has 0 saturated carbocycles. The molecular weight excluding hydrogens is 302 g/mol. The number of likely N-dealkylation sites (tertiary alicyclic amines) is 1. The molecule has 1 aliphatic heterocycles. The predicted molar refractivity (Wildman–Crippen MR) is 94.1 cm³/mol. The third kappa shape index (κ3) is 3.93. The van der Waals surface area contributed by atoms with Crippen LogP contribution in [-0.4, -0.2) is 38.2 Å². The third-order valence-electron chi connectivity index (χ3n) is 4.60. The maximum Gasteiger partial charge on any atom is 0.251 e. The first-order chi connectivity index (χ1) is 11.3. The quantitative estimate of drug-likeness (QED) is 0.907. The van der Waals surface area contributed by atoms with E-state index in [-0.39, 0.29) is 11.0 Å². The Morgan fingerprint density at radius 2 is 2.12 bits per heavy atom. The molecular formula is C18H27N5O. The number of nitrogens with one attached hydrogen (secondary N) is 2. The van der Waals surface area contributed by atoms with Crippen molar-refractivity contribution in [2.45, 2.75) is 58.4 Å². The summed E-state index contributed by atoms with van der Waals surface area (Å²) in [5, 5.41) is 7.61. The standard InChI is InChI=1S/C18H27N5O/c1-12-19-15(9-17(24)20-12)13-6-5-7-23(10-13)11-14-8-16(22-21-14)18(2,3)4/h8-9,13H,5-7,10-11H2,1-4H3,(H,21,22)(H,19,20,24)/t13-/m0/s1. The van der Waals surface area contributed by atoms with Crippen molar-refractivity contribution < 1.29 is 0 Å². The summed E-state index contributed by atoms with van der Waals surface area (Å²) < 4.78 is 0. The van der Waals surface area contributed by atoms with Crippen LogP contribution in [0.25, 0.3) is 0 Å². The van der Waals surface area contributed by atoms with E-state index < -0.39 is 0 Å². The van der Waals surface area contributed by atoms with Gasteiger partial charge in [-0.05, 0) is 32.4 Å². The van der Waals surface area contributed by atoms with Gasteiger partial charge in [-0.15, -0.1) is 0 Å². The molecule has 6 nitrogen and oxygen atoms in total. The van der Waals surface area contributed by atoms with Gasteiger partial charge >= 0.3 is 0 Å². The Labute approximate surface area is 142 Å². The highest BCUT2D eigenvalue weighted by atomic mass is 16.1. The highest BCUT2D eigenvalue weighted by Gasteiger charge is 2.24. The fraction of sp³-hybridized carbons (Fsp3) is 0.611. The lowest BCUT2D eigenvalue weighted by molar-refractivity contribution is 0.196. The van der Waals surface area contributed by atoms with Crippen molar-refractivity contribution in [2.24, 2.45) is 0 Å². The van der Waals surface area contributed by atoms with Crippen LogP contribution in [-0.2, 0) is 12.0 Å². The van der Waals surface area contributed by atoms with Gasteiger partial charge in [-0.25, -0.2) is 4.98 Å². The monoisotopic (exact) mass is 329 g/mol. The molecule has 6 heteroatoms. The summed E-state index contributed by atoms with van der Waals surface area (Å²) in [6, 6.07) is 3.81. The number of aromatic amines is 2. The minimum Gasteiger partial charge on any atom is -0.311 e. The number of hydrogen-bond acceptors (Lipinski definition) is 4. The summed E-state index contributed by atoms with van der Waals surface area (Å²) in [7, 11) is 0. The van der Waals surface area contributed by atoms with Crippen LogP contribution < -0.4 is 5.56 Å². The van der Waals surface area contributed by atoms with Gasteiger partial charge in [0.1, 0.15) is 5.82 Å². The first-order valence-electron chi connectivity index (χ1n) is 8.66. The summed E-state index contributed by atoms with van der Waals surface area (Å²) in [6.45, 7) is 11.2. The van der Waals surface area contributed by atoms with Crippen LogP contribution >= 0.6 is 0 Å². The molecule has 0 aromatic carbocycles. The van der Waals surface area contributed by atoms with Crippen molar-refractivity contribution in [3.63, 3.8) is 0 Å². The Hall–Kier alpha value is -1.95. The van der Waals surface area contributed by atoms with E-state index in [1.54, 1.807) is 6.07 Å². The topological polar surface area (TPSA) is 77.7 Å². The van der Waals surface area contributed by atoms with Gasteiger partial charge in [-0.1, -0.05) is 20.8 Å². The molecule has 0 spiro atoms. The Morgan fingerprint density at radius 1 is 1.33 bits per heavy atom. The van der Waals surface area contributed by atoms with Crippen molar-refractivity contribution in [3.8, 4) is 0 Å². The van der Waals surface area contributed by atoms with Crippen LogP contribution in [0, 0.1) is 6.92 Å². The van der Waals surface area contributed by atoms with E-state index >= 15 is 0 Å². The normalized spacial score (nSPS) is 19.6. The van der Waals surface area contributed by atoms with Gasteiger partial charge in [-0.3, -0.25) is 14.8 Å². The van der Waals surface area contributed by atoms with E-state index in [4.69, 9.17) is 0 Å². The second kappa shape index (κ2) is 6.51. The zero-order valence-electron chi connectivity index (χ0n) is 15.0. The molecule has 2 N–H and O–H groups in total. The van der Waals surface area contributed by atoms with Crippen molar-refractivity contribution in [2.75, 3.05) is 13.1 Å². The summed E-state index contributed by atoms with van der Waals surface area (Å²) in [6.07, 6.45) is 2.21. The zero-order chi connectivity index (χ0) is 17.3. The number of H-pyrrole nitrogens is 2. The largest absolute Gasteiger partial charge is 0.311 e. The molecule has 0 bridgehead atoms. The van der Waals surface area contributed by atoms with Crippen LogP contribution in [0.2, 0.25) is 0 Å². The van der Waals surface area contributed by atoms with Gasteiger partial charge in [0.15, 0.2) is 0 Å². The van der Waals surface area contributed by atoms with E-state index in [0.717, 1.165) is 49.6 Å². The summed E-state index contributed by atoms with van der Waals surface area (Å²) >= 11 is 0. The molecule has 24 heavy (non-hydrogen) atoms. The van der Waals surface area contributed by atoms with E-state index in [9.17, 15) is 4.79 Å². The minimum atomic E-state index is -0.0574. The lowest BCUT2D eigenvalue weighted by Crippen LogP contribution is -2.34. The molecule has 3 heterocycles. The van der Waals surface area contributed by atoms with E-state index in [1.165, 1.54) is 0 Å². The maximum absolute atomic E-state index is 11.7. The van der Waals surface area contributed by atoms with E-state index in [1.807, 2.05) is 6.92 Å². The number of aromatic nitrogens is 4. The minimum absolute atomic E-state index is 0.0574. The summed E-state index contributed by atoms with van der Waals surface area (Å²) in [5.74, 6) is 1.02. The molecule has 0 aliphatic carbocycles. The molecule has 130 valence electrons. The van der Waals surface area contributed by atoms with Gasteiger partial charge in [0.05, 0.1) is 11.4 Å². The smallest absolute Gasteiger partial charge is 0.251 e. The van der Waals surface area contributed by atoms with Crippen molar-refractivity contribution in [3.05, 3.63) is 45.4 Å². The first kappa shape index (κ1) is 16.9. The van der Waals surface area contributed by atoms with Gasteiger partial charge in [-0.2, -0.15) is 5.10 Å². The SMILES string of the molecule is Cc1nc([C@H]2CCCN(Cc3cc(C(C)(C)C)n[nH]3)C2)cc(=O)[nH]1.